The fourth-order valence-electron chi connectivity index (χ4n) is 7.65. The van der Waals surface area contributed by atoms with Crippen LogP contribution in [0.25, 0.3) is 0 Å². The largest absolute Gasteiger partial charge is 0.477 e. The number of carboxylic acid groups (broad SMARTS) is 2. The topological polar surface area (TPSA) is 481 Å². The molecule has 63 heavy (non-hydrogen) atoms. The molecular weight excluding hydrogens is 868 g/mol. The van der Waals surface area contributed by atoms with Crippen LogP contribution in [0.3, 0.4) is 0 Å². The molecule has 0 spiro atoms. The van der Waals surface area contributed by atoms with Crippen molar-refractivity contribution in [1.82, 2.24) is 10.6 Å². The monoisotopic (exact) mass is 924 g/mol. The Hall–Kier alpha value is -2.96. The van der Waals surface area contributed by atoms with E-state index in [0.29, 0.717) is 0 Å². The lowest BCUT2D eigenvalue weighted by atomic mass is 9.88. The van der Waals surface area contributed by atoms with E-state index in [4.69, 9.17) is 33.2 Å². The highest BCUT2D eigenvalue weighted by atomic mass is 16.8. The molecule has 29 heteroatoms. The molecule has 0 bridgehead atoms. The quantitative estimate of drug-likeness (QED) is 0.0607. The zero-order chi connectivity index (χ0) is 47.5. The van der Waals surface area contributed by atoms with Gasteiger partial charge in [0.2, 0.25) is 11.8 Å². The van der Waals surface area contributed by atoms with Crippen molar-refractivity contribution in [3.8, 4) is 0 Å². The maximum Gasteiger partial charge on any atom is 0.364 e. The molecule has 18 N–H and O–H groups in total. The average Bonchev–Trinajstić information content (AvgIpc) is 3.22. The Morgan fingerprint density at radius 1 is 0.651 bits per heavy atom. The zero-order valence-corrected chi connectivity index (χ0v) is 33.4. The molecule has 0 saturated carbocycles. The van der Waals surface area contributed by atoms with Crippen LogP contribution >= 0.6 is 0 Å². The van der Waals surface area contributed by atoms with E-state index >= 15 is 0 Å². The first kappa shape index (κ1) is 52.7. The molecule has 4 heterocycles. The van der Waals surface area contributed by atoms with Gasteiger partial charge in [0.15, 0.2) is 12.6 Å². The lowest BCUT2D eigenvalue weighted by Crippen LogP contribution is -2.71. The van der Waals surface area contributed by atoms with Gasteiger partial charge in [0.1, 0.15) is 85.5 Å². The number of amides is 2. The molecule has 0 aromatic carbocycles. The molecule has 4 saturated heterocycles. The number of rotatable bonds is 18. The van der Waals surface area contributed by atoms with E-state index in [1.54, 1.807) is 0 Å². The molecule has 0 aliphatic carbocycles. The number of hydrogen-bond acceptors (Lipinski definition) is 25. The number of carboxylic acids is 2. The van der Waals surface area contributed by atoms with E-state index < -0.39 is 197 Å². The molecular formula is C34H56N2O27. The van der Waals surface area contributed by atoms with Crippen LogP contribution in [0.1, 0.15) is 26.7 Å². The standard InChI is InChI=1S/C34H56N2O27/c1-9(40)35-17-11(42)3-33(31(53)54,62-27(17)19(46)13(44)5-37)57-8-16-26(22(49)24(51)30(59-16)60-25-15(7-39)58-29(52)23(50)21(25)48)61-34(32(55)56)4-12(43)18(36-10(2)41)28(63-34)20(47)14(45)6-38/h11-30,37-39,42-52H,3-8H2,1-2H3,(H,35,40)(H,36,41)(H,53,54)(H,55,56)/t11-,12-,13+,14+,15+,16+,17+,18+,19+,20+,21+,22+,23+,24+,25+,26-,27+,28+,29+,30-,33-,34-/m0/s1. The predicted octanol–water partition coefficient (Wildman–Crippen LogP) is -11.0. The van der Waals surface area contributed by atoms with Crippen LogP contribution in [0.15, 0.2) is 0 Å². The van der Waals surface area contributed by atoms with Crippen molar-refractivity contribution < 1.29 is 134 Å². The molecule has 0 aromatic rings. The molecule has 2 amide bonds. The summed E-state index contributed by atoms with van der Waals surface area (Å²) in [7, 11) is 0. The number of aliphatic carboxylic acids is 2. The van der Waals surface area contributed by atoms with E-state index in [0.717, 1.165) is 13.8 Å². The van der Waals surface area contributed by atoms with Crippen molar-refractivity contribution in [1.29, 1.82) is 0 Å². The summed E-state index contributed by atoms with van der Waals surface area (Å²) >= 11 is 0. The number of aliphatic hydroxyl groups excluding tert-OH is 14. The van der Waals surface area contributed by atoms with Gasteiger partial charge < -0.3 is 125 Å². The first-order valence-electron chi connectivity index (χ1n) is 19.3. The Balaban J connectivity index is 1.79. The molecule has 364 valence electrons. The number of aliphatic hydroxyl groups is 14. The van der Waals surface area contributed by atoms with Gasteiger partial charge in [0.25, 0.3) is 11.6 Å². The SMILES string of the molecule is CC(=O)N[C@H]1[C@H]([C@H](O)[C@H](O)CO)O[C@](OC[C@H]2O[C@@H](O[C@H]3[C@H](O)[C@@H](O)[C@H](O)O[C@@H]3CO)[C@H](O)[C@@H](O)[C@H]2O[C@@]2(C(=O)O)C[C@H](O)[C@@H](NC(C)=O)[C@H]([C@H](O)[C@H](O)CO)O2)(C(=O)O)C[C@@H]1O. The number of carbonyl (C=O) groups is 4. The summed E-state index contributed by atoms with van der Waals surface area (Å²) in [6.07, 6.45) is -40.8. The second kappa shape index (κ2) is 21.6. The average molecular weight is 925 g/mol. The van der Waals surface area contributed by atoms with E-state index in [-0.39, 0.29) is 0 Å². The summed E-state index contributed by atoms with van der Waals surface area (Å²) in [5.74, 6) is -12.3. The maximum atomic E-state index is 13.1. The smallest absolute Gasteiger partial charge is 0.364 e. The Kier molecular flexibility index (Phi) is 18.0. The number of nitrogens with one attached hydrogen (secondary N) is 2. The lowest BCUT2D eigenvalue weighted by molar-refractivity contribution is -0.390. The van der Waals surface area contributed by atoms with Crippen LogP contribution in [0.5, 0.6) is 0 Å². The van der Waals surface area contributed by atoms with Crippen molar-refractivity contribution >= 4 is 23.8 Å². The predicted molar refractivity (Wildman–Crippen MR) is 191 cm³/mol. The van der Waals surface area contributed by atoms with Crippen LogP contribution < -0.4 is 10.6 Å². The van der Waals surface area contributed by atoms with Crippen molar-refractivity contribution in [2.75, 3.05) is 26.4 Å². The third kappa shape index (κ3) is 11.4. The molecule has 0 aromatic heterocycles. The highest BCUT2D eigenvalue weighted by Crippen LogP contribution is 2.40. The second-order valence-corrected chi connectivity index (χ2v) is 15.5. The highest BCUT2D eigenvalue weighted by molar-refractivity contribution is 5.77. The number of ether oxygens (including phenoxy) is 7. The molecule has 4 fully saturated rings. The summed E-state index contributed by atoms with van der Waals surface area (Å²) in [5, 5.41) is 173. The van der Waals surface area contributed by atoms with Crippen molar-refractivity contribution in [2.24, 2.45) is 0 Å². The third-order valence-electron chi connectivity index (χ3n) is 11.0. The van der Waals surface area contributed by atoms with Crippen LogP contribution in [-0.2, 0) is 52.3 Å². The van der Waals surface area contributed by atoms with Gasteiger partial charge in [-0.05, 0) is 0 Å². The first-order valence-corrected chi connectivity index (χ1v) is 19.3. The normalized spacial score (nSPS) is 42.9. The molecule has 4 aliphatic rings. The number of carbonyl (C=O) groups excluding carboxylic acids is 2. The fourth-order valence-corrected chi connectivity index (χ4v) is 7.65. The van der Waals surface area contributed by atoms with Crippen molar-refractivity contribution in [2.45, 2.75) is 161 Å². The second-order valence-electron chi connectivity index (χ2n) is 15.5. The Morgan fingerprint density at radius 3 is 1.56 bits per heavy atom. The minimum atomic E-state index is -3.28. The van der Waals surface area contributed by atoms with Gasteiger partial charge in [-0.1, -0.05) is 0 Å². The first-order chi connectivity index (χ1) is 29.4. The molecule has 22 atom stereocenters. The van der Waals surface area contributed by atoms with Crippen LogP contribution in [0, 0.1) is 0 Å². The Morgan fingerprint density at radius 2 is 1.11 bits per heavy atom. The Bertz CT molecular complexity index is 1560. The van der Waals surface area contributed by atoms with Crippen LogP contribution in [0.2, 0.25) is 0 Å². The summed E-state index contributed by atoms with van der Waals surface area (Å²) in [5.41, 5.74) is 0. The Labute approximate surface area is 355 Å². The van der Waals surface area contributed by atoms with Crippen molar-refractivity contribution in [3.05, 3.63) is 0 Å². The molecule has 0 radical (unpaired) electrons. The molecule has 4 rings (SSSR count). The van der Waals surface area contributed by atoms with Crippen LogP contribution in [0.4, 0.5) is 0 Å². The summed E-state index contributed by atoms with van der Waals surface area (Å²) in [6, 6.07) is -3.37. The summed E-state index contributed by atoms with van der Waals surface area (Å²) in [4.78, 5) is 50.0. The van der Waals surface area contributed by atoms with Gasteiger partial charge in [-0.25, -0.2) is 9.59 Å². The van der Waals surface area contributed by atoms with Crippen molar-refractivity contribution in [3.63, 3.8) is 0 Å². The fraction of sp³-hybridized carbons (Fsp3) is 0.882. The number of hydrogen-bond donors (Lipinski definition) is 18. The van der Waals surface area contributed by atoms with Gasteiger partial charge in [0, 0.05) is 26.7 Å². The maximum absolute atomic E-state index is 13.1. The van der Waals surface area contributed by atoms with E-state index in [1.165, 1.54) is 0 Å². The molecule has 0 unspecified atom stereocenters. The highest BCUT2D eigenvalue weighted by Gasteiger charge is 2.61. The third-order valence-corrected chi connectivity index (χ3v) is 11.0. The summed E-state index contributed by atoms with van der Waals surface area (Å²) < 4.78 is 39.0. The van der Waals surface area contributed by atoms with Gasteiger partial charge in [-0.3, -0.25) is 9.59 Å². The van der Waals surface area contributed by atoms with E-state index in [1.807, 2.05) is 0 Å². The zero-order valence-electron chi connectivity index (χ0n) is 33.4. The van der Waals surface area contributed by atoms with Gasteiger partial charge in [-0.2, -0.15) is 0 Å². The summed E-state index contributed by atoms with van der Waals surface area (Å²) in [6.45, 7) is -2.68. The minimum Gasteiger partial charge on any atom is -0.477 e. The van der Waals surface area contributed by atoms with Crippen LogP contribution in [-0.4, -0.2) is 266 Å². The lowest BCUT2D eigenvalue weighted by Gasteiger charge is -2.51. The van der Waals surface area contributed by atoms with Gasteiger partial charge in [0.05, 0.1) is 50.7 Å². The van der Waals surface area contributed by atoms with Gasteiger partial charge in [-0.15, -0.1) is 0 Å². The molecule has 29 nitrogen and oxygen atoms in total. The van der Waals surface area contributed by atoms with E-state index in [2.05, 4.69) is 10.6 Å². The minimum absolute atomic E-state index is 0.832. The van der Waals surface area contributed by atoms with E-state index in [9.17, 15) is 101 Å². The van der Waals surface area contributed by atoms with Gasteiger partial charge >= 0.3 is 11.9 Å². The molecule has 4 aliphatic heterocycles.